The molecule has 1 aromatic rings. The van der Waals surface area contributed by atoms with Crippen LogP contribution in [0.4, 0.5) is 11.4 Å². The van der Waals surface area contributed by atoms with Crippen molar-refractivity contribution in [2.24, 2.45) is 0 Å². The molecule has 1 aliphatic rings. The number of amides is 1. The summed E-state index contributed by atoms with van der Waals surface area (Å²) in [6.45, 7) is 0.393. The third-order valence-corrected chi connectivity index (χ3v) is 2.46. The maximum absolute atomic E-state index is 11.6. The molecular formula is C11H11N3O2. The summed E-state index contributed by atoms with van der Waals surface area (Å²) in [7, 11) is 1.49. The molecule has 2 N–H and O–H groups in total. The van der Waals surface area contributed by atoms with E-state index in [1.54, 1.807) is 18.2 Å². The van der Waals surface area contributed by atoms with Gasteiger partial charge in [0.05, 0.1) is 29.6 Å². The zero-order chi connectivity index (χ0) is 11.5. The van der Waals surface area contributed by atoms with Crippen LogP contribution in [0.5, 0.6) is 0 Å². The van der Waals surface area contributed by atoms with Crippen molar-refractivity contribution in [2.45, 2.75) is 6.10 Å². The highest BCUT2D eigenvalue weighted by Crippen LogP contribution is 2.25. The highest BCUT2D eigenvalue weighted by Gasteiger charge is 2.22. The van der Waals surface area contributed by atoms with E-state index < -0.39 is 6.10 Å². The summed E-state index contributed by atoms with van der Waals surface area (Å²) in [5.74, 6) is -0.182. The molecule has 1 atom stereocenters. The third-order valence-electron chi connectivity index (χ3n) is 2.46. The van der Waals surface area contributed by atoms with E-state index in [9.17, 15) is 4.79 Å². The molecular weight excluding hydrogens is 206 g/mol. The molecule has 0 fully saturated rings. The maximum Gasteiger partial charge on any atom is 0.255 e. The van der Waals surface area contributed by atoms with Gasteiger partial charge in [0.1, 0.15) is 0 Å². The monoisotopic (exact) mass is 217 g/mol. The van der Waals surface area contributed by atoms with Crippen molar-refractivity contribution in [3.05, 3.63) is 23.8 Å². The predicted molar refractivity (Wildman–Crippen MR) is 59.1 cm³/mol. The van der Waals surface area contributed by atoms with Gasteiger partial charge in [0.15, 0.2) is 6.10 Å². The van der Waals surface area contributed by atoms with Gasteiger partial charge in [-0.15, -0.1) is 0 Å². The van der Waals surface area contributed by atoms with Gasteiger partial charge >= 0.3 is 0 Å². The second-order valence-corrected chi connectivity index (χ2v) is 3.47. The number of benzene rings is 1. The molecule has 82 valence electrons. The minimum absolute atomic E-state index is 0.182. The van der Waals surface area contributed by atoms with Gasteiger partial charge in [-0.3, -0.25) is 4.79 Å². The van der Waals surface area contributed by atoms with Crippen LogP contribution in [0.1, 0.15) is 5.56 Å². The second kappa shape index (κ2) is 4.21. The lowest BCUT2D eigenvalue weighted by Gasteiger charge is -2.09. The van der Waals surface area contributed by atoms with Gasteiger partial charge in [-0.05, 0) is 18.2 Å². The minimum atomic E-state index is -0.516. The smallest absolute Gasteiger partial charge is 0.255 e. The normalized spacial score (nSPS) is 18.8. The van der Waals surface area contributed by atoms with Gasteiger partial charge in [0.25, 0.3) is 5.91 Å². The lowest BCUT2D eigenvalue weighted by molar-refractivity contribution is -0.124. The maximum atomic E-state index is 11.6. The SMILES string of the molecule is COC1CNc2cc(C#N)ccc2NC1=O. The Bertz CT molecular complexity index is 465. The Labute approximate surface area is 93.0 Å². The number of ether oxygens (including phenoxy) is 1. The van der Waals surface area contributed by atoms with Gasteiger partial charge < -0.3 is 15.4 Å². The number of nitrogens with one attached hydrogen (secondary N) is 2. The van der Waals surface area contributed by atoms with E-state index in [0.29, 0.717) is 17.8 Å². The van der Waals surface area contributed by atoms with Gasteiger partial charge in [0.2, 0.25) is 0 Å². The third kappa shape index (κ3) is 1.83. The van der Waals surface area contributed by atoms with Gasteiger partial charge in [-0.1, -0.05) is 0 Å². The summed E-state index contributed by atoms with van der Waals surface area (Å²) in [5, 5.41) is 14.6. The Balaban J connectivity index is 2.33. The van der Waals surface area contributed by atoms with E-state index >= 15 is 0 Å². The Hall–Kier alpha value is -2.06. The number of carbonyl (C=O) groups is 1. The Kier molecular flexibility index (Phi) is 2.75. The molecule has 0 aliphatic carbocycles. The zero-order valence-electron chi connectivity index (χ0n) is 8.78. The summed E-state index contributed by atoms with van der Waals surface area (Å²) < 4.78 is 5.03. The Morgan fingerprint density at radius 1 is 1.50 bits per heavy atom. The van der Waals surface area contributed by atoms with Gasteiger partial charge in [0, 0.05) is 7.11 Å². The lowest BCUT2D eigenvalue weighted by Crippen LogP contribution is -2.32. The molecule has 0 spiro atoms. The van der Waals surface area contributed by atoms with Crippen LogP contribution in [0.15, 0.2) is 18.2 Å². The molecule has 5 heteroatoms. The summed E-state index contributed by atoms with van der Waals surface area (Å²) in [5.41, 5.74) is 1.96. The Morgan fingerprint density at radius 3 is 3.00 bits per heavy atom. The molecule has 5 nitrogen and oxygen atoms in total. The van der Waals surface area contributed by atoms with Crippen molar-refractivity contribution in [1.82, 2.24) is 0 Å². The topological polar surface area (TPSA) is 74.2 Å². The summed E-state index contributed by atoms with van der Waals surface area (Å²) in [6, 6.07) is 7.12. The fourth-order valence-electron chi connectivity index (χ4n) is 1.57. The van der Waals surface area contributed by atoms with E-state index in [4.69, 9.17) is 10.00 Å². The van der Waals surface area contributed by atoms with Crippen LogP contribution in [0.3, 0.4) is 0 Å². The first-order valence-corrected chi connectivity index (χ1v) is 4.86. The minimum Gasteiger partial charge on any atom is -0.380 e. The second-order valence-electron chi connectivity index (χ2n) is 3.47. The van der Waals surface area contributed by atoms with E-state index in [1.807, 2.05) is 6.07 Å². The van der Waals surface area contributed by atoms with Crippen LogP contribution in [-0.2, 0) is 9.53 Å². The van der Waals surface area contributed by atoms with Crippen molar-refractivity contribution in [2.75, 3.05) is 24.3 Å². The van der Waals surface area contributed by atoms with E-state index in [0.717, 1.165) is 5.69 Å². The number of rotatable bonds is 1. The zero-order valence-corrected chi connectivity index (χ0v) is 8.78. The summed E-state index contributed by atoms with van der Waals surface area (Å²) in [4.78, 5) is 11.6. The average molecular weight is 217 g/mol. The van der Waals surface area contributed by atoms with Crippen LogP contribution in [0, 0.1) is 11.3 Å². The highest BCUT2D eigenvalue weighted by molar-refractivity contribution is 5.99. The predicted octanol–water partition coefficient (Wildman–Crippen LogP) is 0.937. The van der Waals surface area contributed by atoms with E-state index in [-0.39, 0.29) is 5.91 Å². The lowest BCUT2D eigenvalue weighted by atomic mass is 10.2. The number of fused-ring (bicyclic) bond motifs is 1. The average Bonchev–Trinajstić information content (AvgIpc) is 2.46. The molecule has 1 heterocycles. The van der Waals surface area contributed by atoms with Gasteiger partial charge in [-0.25, -0.2) is 0 Å². The highest BCUT2D eigenvalue weighted by atomic mass is 16.5. The molecule has 2 rings (SSSR count). The first-order valence-electron chi connectivity index (χ1n) is 4.86. The molecule has 1 unspecified atom stereocenters. The number of nitriles is 1. The molecule has 0 aromatic heterocycles. The van der Waals surface area contributed by atoms with Crippen molar-refractivity contribution in [3.63, 3.8) is 0 Å². The molecule has 0 radical (unpaired) electrons. The molecule has 0 bridgehead atoms. The number of carbonyl (C=O) groups excluding carboxylic acids is 1. The summed E-state index contributed by atoms with van der Waals surface area (Å²) in [6.07, 6.45) is -0.516. The molecule has 1 amide bonds. The van der Waals surface area contributed by atoms with Crippen molar-refractivity contribution >= 4 is 17.3 Å². The molecule has 1 aromatic carbocycles. The fraction of sp³-hybridized carbons (Fsp3) is 0.273. The van der Waals surface area contributed by atoms with E-state index in [1.165, 1.54) is 7.11 Å². The van der Waals surface area contributed by atoms with Crippen LogP contribution < -0.4 is 10.6 Å². The molecule has 16 heavy (non-hydrogen) atoms. The molecule has 1 aliphatic heterocycles. The number of anilines is 2. The quantitative estimate of drug-likeness (QED) is 0.734. The molecule has 0 saturated carbocycles. The van der Waals surface area contributed by atoms with Crippen LogP contribution >= 0.6 is 0 Å². The van der Waals surface area contributed by atoms with E-state index in [2.05, 4.69) is 10.6 Å². The van der Waals surface area contributed by atoms with Crippen molar-refractivity contribution < 1.29 is 9.53 Å². The first kappa shape index (κ1) is 10.5. The van der Waals surface area contributed by atoms with Crippen LogP contribution in [0.2, 0.25) is 0 Å². The van der Waals surface area contributed by atoms with Crippen molar-refractivity contribution in [3.8, 4) is 6.07 Å². The van der Waals surface area contributed by atoms with Crippen molar-refractivity contribution in [1.29, 1.82) is 5.26 Å². The summed E-state index contributed by atoms with van der Waals surface area (Å²) >= 11 is 0. The fourth-order valence-corrected chi connectivity index (χ4v) is 1.57. The Morgan fingerprint density at radius 2 is 2.31 bits per heavy atom. The molecule has 0 saturated heterocycles. The van der Waals surface area contributed by atoms with Gasteiger partial charge in [-0.2, -0.15) is 5.26 Å². The van der Waals surface area contributed by atoms with Crippen LogP contribution in [-0.4, -0.2) is 25.7 Å². The standard InChI is InChI=1S/C11H11N3O2/c1-16-10-6-13-9-4-7(5-12)2-3-8(9)14-11(10)15/h2-4,10,13H,6H2,1H3,(H,14,15). The largest absolute Gasteiger partial charge is 0.380 e. The number of hydrogen-bond donors (Lipinski definition) is 2. The number of hydrogen-bond acceptors (Lipinski definition) is 4. The first-order chi connectivity index (χ1) is 7.74. The van der Waals surface area contributed by atoms with Crippen LogP contribution in [0.25, 0.3) is 0 Å². The number of nitrogens with zero attached hydrogens (tertiary/aromatic N) is 1. The number of methoxy groups -OCH3 is 1.